The molecular formula is C23H20N2O3S. The highest BCUT2D eigenvalue weighted by Gasteiger charge is 2.23. The molecule has 5 nitrogen and oxygen atoms in total. The average molecular weight is 404 g/mol. The Labute approximate surface area is 172 Å². The predicted octanol–water partition coefficient (Wildman–Crippen LogP) is 5.06. The Morgan fingerprint density at radius 2 is 1.86 bits per heavy atom. The number of nitrogens with two attached hydrogens (primary N) is 1. The van der Waals surface area contributed by atoms with E-state index in [1.54, 1.807) is 6.26 Å². The second-order valence-electron chi connectivity index (χ2n) is 6.95. The van der Waals surface area contributed by atoms with E-state index >= 15 is 0 Å². The summed E-state index contributed by atoms with van der Waals surface area (Å²) in [6.07, 6.45) is 1.75. The number of primary amides is 1. The number of fused-ring (bicyclic) bond motifs is 1. The number of nitrogens with one attached hydrogen (secondary N) is 1. The molecule has 29 heavy (non-hydrogen) atoms. The van der Waals surface area contributed by atoms with Crippen LogP contribution in [0, 0.1) is 13.8 Å². The van der Waals surface area contributed by atoms with Crippen molar-refractivity contribution in [1.29, 1.82) is 0 Å². The van der Waals surface area contributed by atoms with Gasteiger partial charge in [-0.15, -0.1) is 11.3 Å². The average Bonchev–Trinajstić information content (AvgIpc) is 3.22. The zero-order valence-corrected chi connectivity index (χ0v) is 16.9. The third-order valence-electron chi connectivity index (χ3n) is 4.81. The predicted molar refractivity (Wildman–Crippen MR) is 116 cm³/mol. The molecule has 0 bridgehead atoms. The van der Waals surface area contributed by atoms with Crippen molar-refractivity contribution in [2.45, 2.75) is 20.3 Å². The molecule has 2 amide bonds. The largest absolute Gasteiger partial charge is 0.464 e. The lowest BCUT2D eigenvalue weighted by atomic mass is 10.0. The molecule has 0 unspecified atom stereocenters. The molecule has 0 aliphatic rings. The van der Waals surface area contributed by atoms with Gasteiger partial charge in [0.25, 0.3) is 5.91 Å². The van der Waals surface area contributed by atoms with E-state index < -0.39 is 5.91 Å². The number of aryl methyl sites for hydroxylation is 2. The fourth-order valence-corrected chi connectivity index (χ4v) is 4.59. The summed E-state index contributed by atoms with van der Waals surface area (Å²) in [4.78, 5) is 25.8. The van der Waals surface area contributed by atoms with Gasteiger partial charge in [-0.1, -0.05) is 42.5 Å². The Kier molecular flexibility index (Phi) is 4.94. The number of benzene rings is 2. The number of carbonyl (C=O) groups is 2. The Morgan fingerprint density at radius 1 is 1.10 bits per heavy atom. The van der Waals surface area contributed by atoms with Gasteiger partial charge in [0, 0.05) is 21.4 Å². The van der Waals surface area contributed by atoms with Gasteiger partial charge in [-0.25, -0.2) is 0 Å². The summed E-state index contributed by atoms with van der Waals surface area (Å²) in [5, 5.41) is 4.26. The van der Waals surface area contributed by atoms with Crippen molar-refractivity contribution in [3.05, 3.63) is 76.4 Å². The zero-order valence-electron chi connectivity index (χ0n) is 16.1. The van der Waals surface area contributed by atoms with Crippen LogP contribution in [-0.2, 0) is 11.2 Å². The maximum Gasteiger partial charge on any atom is 0.252 e. The van der Waals surface area contributed by atoms with Gasteiger partial charge in [0.1, 0.15) is 10.6 Å². The summed E-state index contributed by atoms with van der Waals surface area (Å²) >= 11 is 1.35. The van der Waals surface area contributed by atoms with Crippen LogP contribution in [0.25, 0.3) is 22.1 Å². The van der Waals surface area contributed by atoms with Gasteiger partial charge in [0.05, 0.1) is 18.2 Å². The van der Waals surface area contributed by atoms with E-state index in [2.05, 4.69) is 5.32 Å². The van der Waals surface area contributed by atoms with Crippen LogP contribution in [0.1, 0.15) is 26.4 Å². The second kappa shape index (κ2) is 7.56. The van der Waals surface area contributed by atoms with Crippen LogP contribution in [0.5, 0.6) is 0 Å². The maximum atomic E-state index is 12.7. The molecular weight excluding hydrogens is 384 g/mol. The van der Waals surface area contributed by atoms with Gasteiger partial charge in [-0.2, -0.15) is 0 Å². The van der Waals surface area contributed by atoms with Gasteiger partial charge in [-0.05, 0) is 31.0 Å². The summed E-state index contributed by atoms with van der Waals surface area (Å²) in [5.41, 5.74) is 10.3. The van der Waals surface area contributed by atoms with Crippen LogP contribution in [0.3, 0.4) is 0 Å². The van der Waals surface area contributed by atoms with E-state index in [0.717, 1.165) is 38.1 Å². The molecule has 0 saturated carbocycles. The normalized spacial score (nSPS) is 11.0. The zero-order chi connectivity index (χ0) is 20.5. The monoisotopic (exact) mass is 404 g/mol. The molecule has 4 rings (SSSR count). The van der Waals surface area contributed by atoms with Crippen LogP contribution in [0.15, 0.2) is 59.2 Å². The molecule has 0 saturated heterocycles. The maximum absolute atomic E-state index is 12.7. The number of furan rings is 1. The Hall–Kier alpha value is -3.38. The summed E-state index contributed by atoms with van der Waals surface area (Å²) in [6.45, 7) is 3.91. The minimum absolute atomic E-state index is 0.145. The third kappa shape index (κ3) is 3.67. The van der Waals surface area contributed by atoms with Crippen molar-refractivity contribution in [3.63, 3.8) is 0 Å². The quantitative estimate of drug-likeness (QED) is 0.488. The number of amides is 2. The van der Waals surface area contributed by atoms with Crippen LogP contribution in [0.4, 0.5) is 5.00 Å². The number of hydrogen-bond acceptors (Lipinski definition) is 4. The molecule has 3 N–H and O–H groups in total. The molecule has 0 atom stereocenters. The van der Waals surface area contributed by atoms with E-state index in [4.69, 9.17) is 10.2 Å². The number of thiophene rings is 1. The van der Waals surface area contributed by atoms with E-state index in [1.165, 1.54) is 11.3 Å². The van der Waals surface area contributed by atoms with Crippen molar-refractivity contribution in [2.75, 3.05) is 5.32 Å². The lowest BCUT2D eigenvalue weighted by molar-refractivity contribution is -0.115. The van der Waals surface area contributed by atoms with Gasteiger partial charge in [0.15, 0.2) is 0 Å². The summed E-state index contributed by atoms with van der Waals surface area (Å²) < 4.78 is 5.57. The van der Waals surface area contributed by atoms with E-state index in [-0.39, 0.29) is 12.3 Å². The van der Waals surface area contributed by atoms with Crippen LogP contribution >= 0.6 is 11.3 Å². The topological polar surface area (TPSA) is 85.3 Å². The fourth-order valence-electron chi connectivity index (χ4n) is 3.49. The number of hydrogen-bond donors (Lipinski definition) is 2. The van der Waals surface area contributed by atoms with E-state index in [1.807, 2.05) is 62.4 Å². The first-order chi connectivity index (χ1) is 13.9. The van der Waals surface area contributed by atoms with Crippen molar-refractivity contribution < 1.29 is 14.0 Å². The standard InChI is InChI=1S/C23H20N2O3S/c1-13-8-9-17-16(12-28-18(17)10-13)11-19(26)25-23-21(22(24)27)20(14(2)29-23)15-6-4-3-5-7-15/h3-10,12H,11H2,1-2H3,(H2,24,27)(H,25,26). The molecule has 0 spiro atoms. The number of carbonyl (C=O) groups excluding carboxylic acids is 2. The Bertz CT molecular complexity index is 1220. The highest BCUT2D eigenvalue weighted by Crippen LogP contribution is 2.39. The molecule has 6 heteroatoms. The Balaban J connectivity index is 1.63. The second-order valence-corrected chi connectivity index (χ2v) is 8.18. The molecule has 2 aromatic carbocycles. The van der Waals surface area contributed by atoms with Crippen LogP contribution < -0.4 is 11.1 Å². The summed E-state index contributed by atoms with van der Waals surface area (Å²) in [6, 6.07) is 15.4. The molecule has 0 fully saturated rings. The van der Waals surface area contributed by atoms with E-state index in [0.29, 0.717) is 10.6 Å². The lowest BCUT2D eigenvalue weighted by Crippen LogP contribution is -2.18. The molecule has 0 aliphatic heterocycles. The first-order valence-corrected chi connectivity index (χ1v) is 10.0. The number of rotatable bonds is 5. The highest BCUT2D eigenvalue weighted by atomic mass is 32.1. The van der Waals surface area contributed by atoms with Crippen molar-refractivity contribution in [3.8, 4) is 11.1 Å². The fraction of sp³-hybridized carbons (Fsp3) is 0.130. The van der Waals surface area contributed by atoms with E-state index in [9.17, 15) is 9.59 Å². The van der Waals surface area contributed by atoms with Gasteiger partial charge >= 0.3 is 0 Å². The minimum Gasteiger partial charge on any atom is -0.464 e. The molecule has 0 aliphatic carbocycles. The molecule has 0 radical (unpaired) electrons. The van der Waals surface area contributed by atoms with Gasteiger partial charge < -0.3 is 15.5 Å². The van der Waals surface area contributed by atoms with Crippen LogP contribution in [0.2, 0.25) is 0 Å². The molecule has 2 aromatic heterocycles. The summed E-state index contributed by atoms with van der Waals surface area (Å²) in [7, 11) is 0. The first-order valence-electron chi connectivity index (χ1n) is 9.19. The van der Waals surface area contributed by atoms with Gasteiger partial charge in [-0.3, -0.25) is 9.59 Å². The minimum atomic E-state index is -0.562. The third-order valence-corrected chi connectivity index (χ3v) is 5.83. The lowest BCUT2D eigenvalue weighted by Gasteiger charge is -2.07. The first kappa shape index (κ1) is 19.0. The van der Waals surface area contributed by atoms with Crippen molar-refractivity contribution >= 4 is 39.1 Å². The SMILES string of the molecule is Cc1ccc2c(CC(=O)Nc3sc(C)c(-c4ccccc4)c3C(N)=O)coc2c1. The molecule has 146 valence electrons. The smallest absolute Gasteiger partial charge is 0.252 e. The Morgan fingerprint density at radius 3 is 2.59 bits per heavy atom. The van der Waals surface area contributed by atoms with Crippen molar-refractivity contribution in [2.24, 2.45) is 5.73 Å². The molecule has 2 heterocycles. The molecule has 4 aromatic rings. The van der Waals surface area contributed by atoms with Gasteiger partial charge in [0.2, 0.25) is 5.91 Å². The number of anilines is 1. The van der Waals surface area contributed by atoms with Crippen LogP contribution in [-0.4, -0.2) is 11.8 Å². The van der Waals surface area contributed by atoms with Crippen molar-refractivity contribution in [1.82, 2.24) is 0 Å². The summed E-state index contributed by atoms with van der Waals surface area (Å²) in [5.74, 6) is -0.788. The highest BCUT2D eigenvalue weighted by molar-refractivity contribution is 7.17.